The van der Waals surface area contributed by atoms with Crippen LogP contribution in [0.1, 0.15) is 24.8 Å². The van der Waals surface area contributed by atoms with E-state index in [1.54, 1.807) is 30.3 Å². The molecule has 5 rings (SSSR count). The number of pyridine rings is 1. The Balaban J connectivity index is 1.63. The summed E-state index contributed by atoms with van der Waals surface area (Å²) in [6.07, 6.45) is 6.30. The quantitative estimate of drug-likeness (QED) is 0.819. The van der Waals surface area contributed by atoms with Crippen molar-refractivity contribution < 1.29 is 13.9 Å². The predicted octanol–water partition coefficient (Wildman–Crippen LogP) is 3.75. The van der Waals surface area contributed by atoms with E-state index in [9.17, 15) is 14.4 Å². The van der Waals surface area contributed by atoms with Crippen molar-refractivity contribution in [2.45, 2.75) is 31.4 Å². The number of nitrogen functional groups attached to an aromatic ring is 1. The molecule has 1 atom stereocenters. The number of allylic oxidation sites excluding steroid dienone is 4. The summed E-state index contributed by atoms with van der Waals surface area (Å²) in [5.41, 5.74) is 9.41. The number of ketones is 1. The molecule has 2 aliphatic carbocycles. The molecule has 154 valence electrons. The zero-order valence-corrected chi connectivity index (χ0v) is 16.6. The Bertz CT molecular complexity index is 1220. The van der Waals surface area contributed by atoms with Gasteiger partial charge in [0, 0.05) is 30.4 Å². The first-order valence-corrected chi connectivity index (χ1v) is 10.1. The van der Waals surface area contributed by atoms with Crippen LogP contribution in [0, 0.1) is 17.1 Å². The molecule has 1 aromatic carbocycles. The lowest BCUT2D eigenvalue weighted by molar-refractivity contribution is -0.123. The molecule has 2 aromatic rings. The number of nitriles is 1. The van der Waals surface area contributed by atoms with E-state index >= 15 is 0 Å². The summed E-state index contributed by atoms with van der Waals surface area (Å²) in [5, 5.41) is 9.99. The van der Waals surface area contributed by atoms with E-state index in [0.29, 0.717) is 28.1 Å². The molecule has 1 aliphatic heterocycles. The molecule has 3 aliphatic rings. The third kappa shape index (κ3) is 3.46. The number of carbonyl (C=O) groups is 1. The highest BCUT2D eigenvalue weighted by Gasteiger charge is 2.39. The van der Waals surface area contributed by atoms with Crippen LogP contribution in [-0.2, 0) is 4.79 Å². The third-order valence-corrected chi connectivity index (χ3v) is 5.60. The lowest BCUT2D eigenvalue weighted by atomic mass is 9.81. The number of nitrogens with two attached hydrogens (primary N) is 1. The lowest BCUT2D eigenvalue weighted by Gasteiger charge is -2.33. The molecule has 1 aromatic heterocycles. The van der Waals surface area contributed by atoms with Crippen LogP contribution >= 0.6 is 0 Å². The van der Waals surface area contributed by atoms with Gasteiger partial charge in [-0.15, -0.1) is 0 Å². The van der Waals surface area contributed by atoms with Gasteiger partial charge >= 0.3 is 0 Å². The molecule has 0 bridgehead atoms. The number of carbonyl (C=O) groups excluding carboxylic acids is 1. The van der Waals surface area contributed by atoms with E-state index in [0.717, 1.165) is 18.4 Å². The van der Waals surface area contributed by atoms with Gasteiger partial charge in [0.25, 0.3) is 0 Å². The maximum Gasteiger partial charge on any atom is 0.238 e. The number of hydrogen-bond donors (Lipinski definition) is 1. The molecule has 31 heavy (non-hydrogen) atoms. The van der Waals surface area contributed by atoms with E-state index in [4.69, 9.17) is 10.5 Å². The normalized spacial score (nSPS) is 20.6. The largest absolute Gasteiger partial charge is 0.461 e. The smallest absolute Gasteiger partial charge is 0.238 e. The SMILES string of the molecule is N#CC1=C(c2cccc(F)c2)C2=CC(Oc3ncccc3N)C(=O)CC2=CN1C1CC1. The number of halogens is 1. The highest BCUT2D eigenvalue weighted by molar-refractivity contribution is 5.98. The molecule has 0 radical (unpaired) electrons. The summed E-state index contributed by atoms with van der Waals surface area (Å²) in [6, 6.07) is 12.0. The minimum absolute atomic E-state index is 0.130. The fourth-order valence-electron chi connectivity index (χ4n) is 4.00. The van der Waals surface area contributed by atoms with Gasteiger partial charge in [-0.2, -0.15) is 5.26 Å². The molecule has 1 fully saturated rings. The monoisotopic (exact) mass is 414 g/mol. The summed E-state index contributed by atoms with van der Waals surface area (Å²) in [6.45, 7) is 0. The van der Waals surface area contributed by atoms with Crippen LogP contribution in [0.5, 0.6) is 5.88 Å². The number of fused-ring (bicyclic) bond motifs is 1. The molecular weight excluding hydrogens is 395 g/mol. The van der Waals surface area contributed by atoms with E-state index < -0.39 is 11.9 Å². The Morgan fingerprint density at radius 1 is 1.26 bits per heavy atom. The molecule has 7 heteroatoms. The van der Waals surface area contributed by atoms with E-state index in [1.165, 1.54) is 18.3 Å². The second kappa shape index (κ2) is 7.40. The molecule has 1 saturated carbocycles. The number of benzene rings is 1. The van der Waals surface area contributed by atoms with Crippen LogP contribution in [0.3, 0.4) is 0 Å². The summed E-state index contributed by atoms with van der Waals surface area (Å²) in [4.78, 5) is 18.9. The van der Waals surface area contributed by atoms with Crippen molar-refractivity contribution in [2.75, 3.05) is 5.73 Å². The molecule has 2 heterocycles. The Morgan fingerprint density at radius 3 is 2.81 bits per heavy atom. The first-order chi connectivity index (χ1) is 15.0. The van der Waals surface area contributed by atoms with Crippen LogP contribution in [0.15, 0.2) is 71.7 Å². The second-order valence-corrected chi connectivity index (χ2v) is 7.80. The number of anilines is 1. The molecule has 1 unspecified atom stereocenters. The molecule has 6 nitrogen and oxygen atoms in total. The van der Waals surface area contributed by atoms with Crippen LogP contribution in [-0.4, -0.2) is 27.8 Å². The average molecular weight is 414 g/mol. The highest BCUT2D eigenvalue weighted by atomic mass is 19.1. The number of aromatic nitrogens is 1. The van der Waals surface area contributed by atoms with Gasteiger partial charge < -0.3 is 15.4 Å². The zero-order chi connectivity index (χ0) is 21.5. The number of ether oxygens (including phenoxy) is 1. The molecule has 2 N–H and O–H groups in total. The van der Waals surface area contributed by atoms with Gasteiger partial charge in [-0.3, -0.25) is 4.79 Å². The number of hydrogen-bond acceptors (Lipinski definition) is 6. The van der Waals surface area contributed by atoms with Gasteiger partial charge in [-0.05, 0) is 59.9 Å². The summed E-state index contributed by atoms with van der Waals surface area (Å²) in [5.74, 6) is -0.343. The number of rotatable bonds is 4. The van der Waals surface area contributed by atoms with Crippen LogP contribution < -0.4 is 10.5 Å². The average Bonchev–Trinajstić information content (AvgIpc) is 3.60. The maximum atomic E-state index is 14.1. The summed E-state index contributed by atoms with van der Waals surface area (Å²) in [7, 11) is 0. The van der Waals surface area contributed by atoms with Crippen molar-refractivity contribution in [1.29, 1.82) is 5.26 Å². The van der Waals surface area contributed by atoms with Gasteiger partial charge in [0.1, 0.15) is 17.6 Å². The fraction of sp³-hybridized carbons (Fsp3) is 0.208. The Morgan fingerprint density at radius 2 is 2.10 bits per heavy atom. The van der Waals surface area contributed by atoms with Crippen molar-refractivity contribution in [3.8, 4) is 11.9 Å². The molecular formula is C24H19FN4O2. The zero-order valence-electron chi connectivity index (χ0n) is 16.6. The molecule has 0 saturated heterocycles. The van der Waals surface area contributed by atoms with Gasteiger partial charge in [0.05, 0.1) is 5.69 Å². The highest BCUT2D eigenvalue weighted by Crippen LogP contribution is 2.45. The van der Waals surface area contributed by atoms with Crippen molar-refractivity contribution >= 4 is 17.0 Å². The van der Waals surface area contributed by atoms with Gasteiger partial charge in [0.2, 0.25) is 5.88 Å². The lowest BCUT2D eigenvalue weighted by Crippen LogP contribution is -2.33. The van der Waals surface area contributed by atoms with E-state index in [-0.39, 0.29) is 24.1 Å². The van der Waals surface area contributed by atoms with Crippen LogP contribution in [0.25, 0.3) is 5.57 Å². The fourth-order valence-corrected chi connectivity index (χ4v) is 4.00. The Hall–Kier alpha value is -3.92. The maximum absolute atomic E-state index is 14.1. The van der Waals surface area contributed by atoms with Crippen molar-refractivity contribution in [3.05, 3.63) is 83.1 Å². The van der Waals surface area contributed by atoms with Crippen molar-refractivity contribution in [3.63, 3.8) is 0 Å². The van der Waals surface area contributed by atoms with Crippen LogP contribution in [0.2, 0.25) is 0 Å². The summed E-state index contributed by atoms with van der Waals surface area (Å²) < 4.78 is 19.9. The third-order valence-electron chi connectivity index (χ3n) is 5.60. The van der Waals surface area contributed by atoms with Crippen molar-refractivity contribution in [2.24, 2.45) is 0 Å². The number of nitrogens with zero attached hydrogens (tertiary/aromatic N) is 3. The second-order valence-electron chi connectivity index (χ2n) is 7.80. The topological polar surface area (TPSA) is 92.2 Å². The minimum Gasteiger partial charge on any atom is -0.461 e. The molecule has 0 amide bonds. The predicted molar refractivity (Wildman–Crippen MR) is 113 cm³/mol. The summed E-state index contributed by atoms with van der Waals surface area (Å²) >= 11 is 0. The Kier molecular flexibility index (Phi) is 4.55. The Labute approximate surface area is 178 Å². The molecule has 0 spiro atoms. The van der Waals surface area contributed by atoms with Crippen LogP contribution in [0.4, 0.5) is 10.1 Å². The van der Waals surface area contributed by atoms with Gasteiger partial charge in [-0.25, -0.2) is 9.37 Å². The first-order valence-electron chi connectivity index (χ1n) is 10.1. The van der Waals surface area contributed by atoms with Crippen molar-refractivity contribution in [1.82, 2.24) is 9.88 Å². The van der Waals surface area contributed by atoms with E-state index in [1.807, 2.05) is 11.1 Å². The number of Topliss-reactive ketones (excluding diaryl/α,β-unsaturated/α-hetero) is 1. The van der Waals surface area contributed by atoms with E-state index in [2.05, 4.69) is 11.1 Å². The standard InChI is InChI=1S/C24H19FN4O2/c25-16-4-1-3-14(9-16)23-18-11-22(31-24-19(27)5-2-8-28-24)21(30)10-15(18)13-29(17-6-7-17)20(23)12-26/h1-5,8-9,11,13,17,22H,6-7,10,27H2. The first kappa shape index (κ1) is 19.1. The van der Waals surface area contributed by atoms with Gasteiger partial charge in [0.15, 0.2) is 11.9 Å². The van der Waals surface area contributed by atoms with Gasteiger partial charge in [-0.1, -0.05) is 12.1 Å². The minimum atomic E-state index is -0.902.